The van der Waals surface area contributed by atoms with Crippen LogP contribution in [0.2, 0.25) is 0 Å². The van der Waals surface area contributed by atoms with Gasteiger partial charge in [0.05, 0.1) is 7.11 Å². The zero-order valence-corrected chi connectivity index (χ0v) is 22.6. The van der Waals surface area contributed by atoms with Crippen LogP contribution >= 0.6 is 0 Å². The summed E-state index contributed by atoms with van der Waals surface area (Å²) in [4.78, 5) is 26.8. The van der Waals surface area contributed by atoms with Crippen LogP contribution < -0.4 is 10.1 Å². The minimum absolute atomic E-state index is 0.0112. The van der Waals surface area contributed by atoms with Crippen LogP contribution in [0.3, 0.4) is 0 Å². The lowest BCUT2D eigenvalue weighted by atomic mass is 9.75. The maximum atomic E-state index is 13.6. The first-order valence-corrected chi connectivity index (χ1v) is 14.0. The van der Waals surface area contributed by atoms with Gasteiger partial charge < -0.3 is 10.1 Å². The van der Waals surface area contributed by atoms with Crippen molar-refractivity contribution in [2.24, 2.45) is 23.2 Å². The van der Waals surface area contributed by atoms with E-state index in [2.05, 4.69) is 51.2 Å². The minimum Gasteiger partial charge on any atom is -0.496 e. The molecule has 4 nitrogen and oxygen atoms in total. The number of rotatable bonds is 6. The summed E-state index contributed by atoms with van der Waals surface area (Å²) in [6.45, 7) is 8.63. The average Bonchev–Trinajstić information content (AvgIpc) is 3.52. The molecular formula is C32H41NO3. The van der Waals surface area contributed by atoms with E-state index in [0.29, 0.717) is 17.6 Å². The highest BCUT2D eigenvalue weighted by atomic mass is 16.5. The number of ether oxygens (including phenoxy) is 1. The van der Waals surface area contributed by atoms with Gasteiger partial charge in [-0.05, 0) is 111 Å². The second kappa shape index (κ2) is 9.68. The maximum absolute atomic E-state index is 13.6. The zero-order valence-electron chi connectivity index (χ0n) is 22.6. The first-order chi connectivity index (χ1) is 17.3. The van der Waals surface area contributed by atoms with E-state index < -0.39 is 0 Å². The standard InChI is InChI=1S/C32H41NO3/c1-6-21(7-2)25-9-8-23(18-28(25)36-5)33-31(35)22-12-14-32(15-13-22)27-11-10-24-20(4)16-19(3)17-26(24)30(34)29(27)32/h8-9,16-18,21-22,27,29H,6-7,10-15H2,1-5H3,(H,33,35). The van der Waals surface area contributed by atoms with Crippen molar-refractivity contribution in [2.75, 3.05) is 12.4 Å². The lowest BCUT2D eigenvalue weighted by molar-refractivity contribution is -0.121. The predicted octanol–water partition coefficient (Wildman–Crippen LogP) is 7.41. The number of anilines is 1. The normalized spacial score (nSPS) is 26.8. The van der Waals surface area contributed by atoms with Gasteiger partial charge in [-0.2, -0.15) is 0 Å². The van der Waals surface area contributed by atoms with E-state index in [4.69, 9.17) is 4.74 Å². The quantitative estimate of drug-likeness (QED) is 0.462. The Morgan fingerprint density at radius 2 is 1.81 bits per heavy atom. The number of amides is 1. The Hall–Kier alpha value is -2.62. The van der Waals surface area contributed by atoms with Crippen LogP contribution in [0.15, 0.2) is 30.3 Å². The zero-order chi connectivity index (χ0) is 25.6. The van der Waals surface area contributed by atoms with Crippen molar-refractivity contribution in [3.63, 3.8) is 0 Å². The van der Waals surface area contributed by atoms with Gasteiger partial charge in [0.2, 0.25) is 5.91 Å². The van der Waals surface area contributed by atoms with E-state index in [1.165, 1.54) is 22.3 Å². The molecule has 2 aromatic carbocycles. The van der Waals surface area contributed by atoms with E-state index >= 15 is 0 Å². The molecule has 0 aromatic heterocycles. The number of methoxy groups -OCH3 is 1. The highest BCUT2D eigenvalue weighted by Gasteiger charge is 2.67. The molecule has 1 spiro atoms. The summed E-state index contributed by atoms with van der Waals surface area (Å²) in [5, 5.41) is 3.16. The number of carbonyl (C=O) groups excluding carboxylic acids is 2. The molecule has 5 rings (SSSR count). The molecule has 2 saturated carbocycles. The number of carbonyl (C=O) groups is 2. The molecule has 1 amide bonds. The molecular weight excluding hydrogens is 446 g/mol. The van der Waals surface area contributed by atoms with Gasteiger partial charge in [-0.1, -0.05) is 31.5 Å². The number of fused-ring (bicyclic) bond motifs is 4. The van der Waals surface area contributed by atoms with Crippen molar-refractivity contribution < 1.29 is 14.3 Å². The first kappa shape index (κ1) is 25.0. The van der Waals surface area contributed by atoms with E-state index in [0.717, 1.165) is 68.4 Å². The fourth-order valence-corrected chi connectivity index (χ4v) is 7.69. The smallest absolute Gasteiger partial charge is 0.227 e. The molecule has 36 heavy (non-hydrogen) atoms. The van der Waals surface area contributed by atoms with Gasteiger partial charge in [0.15, 0.2) is 5.78 Å². The van der Waals surface area contributed by atoms with Crippen LogP contribution in [-0.4, -0.2) is 18.8 Å². The number of nitrogens with one attached hydrogen (secondary N) is 1. The minimum atomic E-state index is 0.0112. The topological polar surface area (TPSA) is 55.4 Å². The van der Waals surface area contributed by atoms with Gasteiger partial charge in [0, 0.05) is 29.2 Å². The molecule has 2 fully saturated rings. The Balaban J connectivity index is 1.24. The fourth-order valence-electron chi connectivity index (χ4n) is 7.69. The highest BCUT2D eigenvalue weighted by molar-refractivity contribution is 6.03. The second-order valence-electron chi connectivity index (χ2n) is 11.6. The van der Waals surface area contributed by atoms with E-state index in [-0.39, 0.29) is 23.2 Å². The fraction of sp³-hybridized carbons (Fsp3) is 0.562. The van der Waals surface area contributed by atoms with Crippen LogP contribution in [0.4, 0.5) is 5.69 Å². The first-order valence-electron chi connectivity index (χ1n) is 14.0. The SMILES string of the molecule is CCC(CC)c1ccc(NC(=O)C2CCC3(CC2)C2CCc4c(C)cc(C)cc4C(=O)C23)cc1OC. The molecule has 1 N–H and O–H groups in total. The number of hydrogen-bond acceptors (Lipinski definition) is 3. The predicted molar refractivity (Wildman–Crippen MR) is 145 cm³/mol. The lowest BCUT2D eigenvalue weighted by Crippen LogP contribution is -2.29. The number of hydrogen-bond donors (Lipinski definition) is 1. The summed E-state index contributed by atoms with van der Waals surface area (Å²) >= 11 is 0. The average molecular weight is 488 g/mol. The Kier molecular flexibility index (Phi) is 6.74. The van der Waals surface area contributed by atoms with Crippen LogP contribution in [-0.2, 0) is 11.2 Å². The van der Waals surface area contributed by atoms with Crippen LogP contribution in [0.1, 0.15) is 97.3 Å². The molecule has 2 unspecified atom stereocenters. The molecule has 0 saturated heterocycles. The summed E-state index contributed by atoms with van der Waals surface area (Å²) in [5.41, 5.74) is 6.83. The van der Waals surface area contributed by atoms with Crippen molar-refractivity contribution in [1.29, 1.82) is 0 Å². The Labute approximate surface area is 216 Å². The second-order valence-corrected chi connectivity index (χ2v) is 11.6. The van der Waals surface area contributed by atoms with Gasteiger partial charge in [0.25, 0.3) is 0 Å². The summed E-state index contributed by atoms with van der Waals surface area (Å²) in [6, 6.07) is 10.4. The molecule has 0 radical (unpaired) electrons. The summed E-state index contributed by atoms with van der Waals surface area (Å²) in [6.07, 6.45) is 7.97. The van der Waals surface area contributed by atoms with Crippen molar-refractivity contribution in [3.05, 3.63) is 58.1 Å². The van der Waals surface area contributed by atoms with Crippen molar-refractivity contribution in [3.8, 4) is 5.75 Å². The molecule has 0 aliphatic heterocycles. The monoisotopic (exact) mass is 487 g/mol. The Bertz CT molecular complexity index is 1170. The number of Topliss-reactive ketones (excluding diaryl/α,β-unsaturated/α-hetero) is 1. The third kappa shape index (κ3) is 4.17. The summed E-state index contributed by atoms with van der Waals surface area (Å²) in [7, 11) is 1.70. The Morgan fingerprint density at radius 3 is 2.47 bits per heavy atom. The molecule has 3 aliphatic rings. The van der Waals surface area contributed by atoms with E-state index in [1.54, 1.807) is 7.11 Å². The van der Waals surface area contributed by atoms with Gasteiger partial charge >= 0.3 is 0 Å². The van der Waals surface area contributed by atoms with Crippen molar-refractivity contribution >= 4 is 17.4 Å². The molecule has 2 aromatic rings. The summed E-state index contributed by atoms with van der Waals surface area (Å²) < 4.78 is 5.66. The molecule has 3 aliphatic carbocycles. The maximum Gasteiger partial charge on any atom is 0.227 e. The highest BCUT2D eigenvalue weighted by Crippen LogP contribution is 2.70. The van der Waals surface area contributed by atoms with Gasteiger partial charge in [-0.25, -0.2) is 0 Å². The molecule has 0 heterocycles. The van der Waals surface area contributed by atoms with Gasteiger partial charge in [0.1, 0.15) is 5.75 Å². The van der Waals surface area contributed by atoms with Crippen LogP contribution in [0.25, 0.3) is 0 Å². The third-order valence-corrected chi connectivity index (χ3v) is 9.74. The number of aryl methyl sites for hydroxylation is 2. The largest absolute Gasteiger partial charge is 0.496 e. The van der Waals surface area contributed by atoms with Crippen molar-refractivity contribution in [1.82, 2.24) is 0 Å². The molecule has 0 bridgehead atoms. The molecule has 4 heteroatoms. The molecule has 192 valence electrons. The Morgan fingerprint density at radius 1 is 1.08 bits per heavy atom. The molecule has 2 atom stereocenters. The third-order valence-electron chi connectivity index (χ3n) is 9.74. The van der Waals surface area contributed by atoms with Gasteiger partial charge in [-0.15, -0.1) is 0 Å². The lowest BCUT2D eigenvalue weighted by Gasteiger charge is -2.30. The van der Waals surface area contributed by atoms with Crippen molar-refractivity contribution in [2.45, 2.75) is 85.0 Å². The number of ketones is 1. The van der Waals surface area contributed by atoms with Crippen LogP contribution in [0, 0.1) is 37.0 Å². The van der Waals surface area contributed by atoms with E-state index in [9.17, 15) is 9.59 Å². The number of benzene rings is 2. The van der Waals surface area contributed by atoms with E-state index in [1.807, 2.05) is 12.1 Å². The van der Waals surface area contributed by atoms with Gasteiger partial charge in [-0.3, -0.25) is 9.59 Å². The summed E-state index contributed by atoms with van der Waals surface area (Å²) in [5.74, 6) is 2.45. The van der Waals surface area contributed by atoms with Crippen LogP contribution in [0.5, 0.6) is 5.75 Å².